The number of fused-ring (bicyclic) bond motifs is 1. The lowest BCUT2D eigenvalue weighted by Gasteiger charge is -2.18. The van der Waals surface area contributed by atoms with Crippen LogP contribution in [0.15, 0.2) is 43.1 Å². The summed E-state index contributed by atoms with van der Waals surface area (Å²) >= 11 is 0. The lowest BCUT2D eigenvalue weighted by Crippen LogP contribution is -2.27. The summed E-state index contributed by atoms with van der Waals surface area (Å²) in [4.78, 5) is 0. The van der Waals surface area contributed by atoms with E-state index in [1.165, 1.54) is 0 Å². The van der Waals surface area contributed by atoms with Crippen molar-refractivity contribution in [3.8, 4) is 0 Å². The highest BCUT2D eigenvalue weighted by molar-refractivity contribution is 5.72. The molecule has 90 valence electrons. The molecule has 4 heteroatoms. The van der Waals surface area contributed by atoms with Crippen LogP contribution in [0.5, 0.6) is 0 Å². The highest BCUT2D eigenvalue weighted by Gasteiger charge is 2.35. The molecule has 1 atom stereocenters. The van der Waals surface area contributed by atoms with Crippen molar-refractivity contribution in [1.82, 2.24) is 5.32 Å². The summed E-state index contributed by atoms with van der Waals surface area (Å²) in [6, 6.07) is 6.96. The molecule has 0 heterocycles. The van der Waals surface area contributed by atoms with Gasteiger partial charge in [-0.2, -0.15) is 13.2 Å². The molecule has 0 aromatic heterocycles. The molecule has 1 aromatic rings. The van der Waals surface area contributed by atoms with Crippen LogP contribution in [0.1, 0.15) is 23.6 Å². The summed E-state index contributed by atoms with van der Waals surface area (Å²) in [6.07, 6.45) is -3.92. The maximum Gasteiger partial charge on any atom is 0.430 e. The minimum atomic E-state index is -4.40. The molecule has 0 fully saturated rings. The summed E-state index contributed by atoms with van der Waals surface area (Å²) in [5, 5.41) is 2.43. The second kappa shape index (κ2) is 3.95. The Bertz CT molecular complexity index is 474. The zero-order valence-electron chi connectivity index (χ0n) is 9.14. The van der Waals surface area contributed by atoms with Gasteiger partial charge < -0.3 is 5.32 Å². The summed E-state index contributed by atoms with van der Waals surface area (Å²) in [5.41, 5.74) is 1.72. The van der Waals surface area contributed by atoms with Gasteiger partial charge in [0.05, 0.1) is 6.04 Å². The Kier molecular flexibility index (Phi) is 2.73. The quantitative estimate of drug-likeness (QED) is 0.827. The number of rotatable bonds is 2. The molecule has 0 spiro atoms. The summed E-state index contributed by atoms with van der Waals surface area (Å²) in [6.45, 7) is 6.89. The van der Waals surface area contributed by atoms with Gasteiger partial charge in [-0.15, -0.1) is 0 Å². The fourth-order valence-electron chi connectivity index (χ4n) is 2.01. The lowest BCUT2D eigenvalue weighted by atomic mass is 10.1. The topological polar surface area (TPSA) is 12.0 Å². The van der Waals surface area contributed by atoms with Gasteiger partial charge in [-0.05, 0) is 23.1 Å². The van der Waals surface area contributed by atoms with Crippen LogP contribution in [0, 0.1) is 0 Å². The first kappa shape index (κ1) is 11.8. The average molecular weight is 239 g/mol. The fourth-order valence-corrected chi connectivity index (χ4v) is 2.01. The molecule has 0 bridgehead atoms. The van der Waals surface area contributed by atoms with E-state index in [2.05, 4.69) is 18.5 Å². The van der Waals surface area contributed by atoms with Gasteiger partial charge in [0, 0.05) is 0 Å². The number of halogens is 3. The third kappa shape index (κ3) is 2.20. The van der Waals surface area contributed by atoms with Gasteiger partial charge in [0.25, 0.3) is 0 Å². The molecule has 2 rings (SSSR count). The Hall–Kier alpha value is -1.71. The Morgan fingerprint density at radius 2 is 1.94 bits per heavy atom. The first-order chi connectivity index (χ1) is 7.89. The molecular weight excluding hydrogens is 227 g/mol. The molecule has 0 unspecified atom stereocenters. The molecular formula is C13H12F3N. The molecule has 0 aliphatic heterocycles. The van der Waals surface area contributed by atoms with Crippen molar-refractivity contribution in [2.24, 2.45) is 0 Å². The van der Waals surface area contributed by atoms with Crippen molar-refractivity contribution in [2.75, 3.05) is 0 Å². The molecule has 1 aromatic carbocycles. The predicted molar refractivity (Wildman–Crippen MR) is 61.2 cm³/mol. The van der Waals surface area contributed by atoms with E-state index in [1.807, 2.05) is 24.3 Å². The minimum absolute atomic E-state index is 0.382. The Morgan fingerprint density at radius 1 is 1.29 bits per heavy atom. The van der Waals surface area contributed by atoms with Gasteiger partial charge >= 0.3 is 6.18 Å². The monoisotopic (exact) mass is 239 g/mol. The SMILES string of the molecule is C=C1C[C@@H](NC(=C)C(F)(F)F)c2ccccc21. The first-order valence-electron chi connectivity index (χ1n) is 5.19. The number of hydrogen-bond acceptors (Lipinski definition) is 1. The van der Waals surface area contributed by atoms with Gasteiger partial charge in [0.2, 0.25) is 0 Å². The van der Waals surface area contributed by atoms with E-state index in [1.54, 1.807) is 0 Å². The zero-order chi connectivity index (χ0) is 12.6. The van der Waals surface area contributed by atoms with Gasteiger partial charge in [-0.25, -0.2) is 0 Å². The van der Waals surface area contributed by atoms with Crippen molar-refractivity contribution in [1.29, 1.82) is 0 Å². The van der Waals surface area contributed by atoms with Crippen molar-refractivity contribution in [3.63, 3.8) is 0 Å². The Balaban J connectivity index is 2.21. The van der Waals surface area contributed by atoms with E-state index < -0.39 is 11.9 Å². The number of alkyl halides is 3. The predicted octanol–water partition coefficient (Wildman–Crippen LogP) is 3.81. The molecule has 1 nitrogen and oxygen atoms in total. The van der Waals surface area contributed by atoms with Crippen molar-refractivity contribution < 1.29 is 13.2 Å². The third-order valence-corrected chi connectivity index (χ3v) is 2.86. The maximum atomic E-state index is 12.4. The van der Waals surface area contributed by atoms with Crippen LogP contribution in [0.25, 0.3) is 5.57 Å². The highest BCUT2D eigenvalue weighted by atomic mass is 19.4. The largest absolute Gasteiger partial charge is 0.430 e. The normalized spacial score (nSPS) is 19.0. The fraction of sp³-hybridized carbons (Fsp3) is 0.231. The van der Waals surface area contributed by atoms with Crippen LogP contribution in [-0.4, -0.2) is 6.18 Å². The van der Waals surface area contributed by atoms with E-state index in [0.717, 1.165) is 16.7 Å². The summed E-state index contributed by atoms with van der Waals surface area (Å²) < 4.78 is 37.2. The van der Waals surface area contributed by atoms with Crippen LogP contribution in [0.2, 0.25) is 0 Å². The van der Waals surface area contributed by atoms with E-state index in [4.69, 9.17) is 0 Å². The molecule has 0 saturated heterocycles. The van der Waals surface area contributed by atoms with Crippen LogP contribution in [0.4, 0.5) is 13.2 Å². The van der Waals surface area contributed by atoms with Gasteiger partial charge in [0.1, 0.15) is 5.70 Å². The highest BCUT2D eigenvalue weighted by Crippen LogP contribution is 2.39. The second-order valence-corrected chi connectivity index (χ2v) is 4.07. The van der Waals surface area contributed by atoms with E-state index in [-0.39, 0.29) is 6.04 Å². The lowest BCUT2D eigenvalue weighted by molar-refractivity contribution is -0.0973. The van der Waals surface area contributed by atoms with Crippen LogP contribution < -0.4 is 5.32 Å². The van der Waals surface area contributed by atoms with Crippen LogP contribution in [-0.2, 0) is 0 Å². The molecule has 1 aliphatic rings. The molecule has 0 radical (unpaired) electrons. The molecule has 0 saturated carbocycles. The van der Waals surface area contributed by atoms with E-state index in [0.29, 0.717) is 6.42 Å². The van der Waals surface area contributed by atoms with E-state index in [9.17, 15) is 13.2 Å². The molecule has 1 aliphatic carbocycles. The van der Waals surface area contributed by atoms with Crippen molar-refractivity contribution >= 4 is 5.57 Å². The Labute approximate surface area is 97.6 Å². The molecule has 17 heavy (non-hydrogen) atoms. The Morgan fingerprint density at radius 3 is 2.59 bits per heavy atom. The van der Waals surface area contributed by atoms with E-state index >= 15 is 0 Å². The molecule has 0 amide bonds. The third-order valence-electron chi connectivity index (χ3n) is 2.86. The first-order valence-corrected chi connectivity index (χ1v) is 5.19. The average Bonchev–Trinajstić information content (AvgIpc) is 2.56. The standard InChI is InChI=1S/C13H12F3N/c1-8-7-12(17-9(2)13(14,15)16)11-6-4-3-5-10(8)11/h3-6,12,17H,1-2,7H2/t12-/m1/s1. The molecule has 1 N–H and O–H groups in total. The number of allylic oxidation sites excluding steroid dienone is 1. The number of benzene rings is 1. The maximum absolute atomic E-state index is 12.4. The number of hydrogen-bond donors (Lipinski definition) is 1. The van der Waals surface area contributed by atoms with Crippen LogP contribution in [0.3, 0.4) is 0 Å². The van der Waals surface area contributed by atoms with Gasteiger partial charge in [-0.3, -0.25) is 0 Å². The van der Waals surface area contributed by atoms with Crippen molar-refractivity contribution in [3.05, 3.63) is 54.2 Å². The van der Waals surface area contributed by atoms with Crippen molar-refractivity contribution in [2.45, 2.75) is 18.6 Å². The minimum Gasteiger partial charge on any atom is -0.374 e. The van der Waals surface area contributed by atoms with Gasteiger partial charge in [-0.1, -0.05) is 37.4 Å². The second-order valence-electron chi connectivity index (χ2n) is 4.07. The zero-order valence-corrected chi connectivity index (χ0v) is 9.14. The van der Waals surface area contributed by atoms with Gasteiger partial charge in [0.15, 0.2) is 0 Å². The van der Waals surface area contributed by atoms with Crippen LogP contribution >= 0.6 is 0 Å². The summed E-state index contributed by atoms with van der Waals surface area (Å²) in [5.74, 6) is 0. The summed E-state index contributed by atoms with van der Waals surface area (Å²) in [7, 11) is 0. The smallest absolute Gasteiger partial charge is 0.374 e. The number of nitrogens with one attached hydrogen (secondary N) is 1.